The average Bonchev–Trinajstić information content (AvgIpc) is 2.60. The Bertz CT molecular complexity index is 548. The lowest BCUT2D eigenvalue weighted by atomic mass is 10.0. The molecule has 0 radical (unpaired) electrons. The van der Waals surface area contributed by atoms with Gasteiger partial charge in [-0.3, -0.25) is 9.79 Å². The molecular formula is C18H29IN4O. The number of amides is 1. The van der Waals surface area contributed by atoms with E-state index in [9.17, 15) is 4.79 Å². The molecule has 0 aromatic heterocycles. The van der Waals surface area contributed by atoms with Crippen LogP contribution in [0.4, 0.5) is 5.69 Å². The largest absolute Gasteiger partial charge is 0.356 e. The number of nitrogens with zero attached hydrogens (tertiary/aromatic N) is 2. The van der Waals surface area contributed by atoms with E-state index in [1.54, 1.807) is 7.05 Å². The average molecular weight is 444 g/mol. The zero-order valence-corrected chi connectivity index (χ0v) is 17.0. The van der Waals surface area contributed by atoms with Crippen molar-refractivity contribution in [2.45, 2.75) is 39.0 Å². The Balaban J connectivity index is 0.00000288. The first-order valence-corrected chi connectivity index (χ1v) is 8.59. The number of benzene rings is 1. The first kappa shape index (κ1) is 20.7. The molecular weight excluding hydrogens is 415 g/mol. The Morgan fingerprint density at radius 1 is 1.25 bits per heavy atom. The number of hydrogen-bond acceptors (Lipinski definition) is 2. The standard InChI is InChI=1S/C18H28N4O.HI/c1-3-4-7-12-20-18(19-2)21-14-17(23)22-13-8-10-15-9-5-6-11-16(15)22;/h5-6,9,11H,3-4,7-8,10,12-14H2,1-2H3,(H2,19,20,21);1H. The predicted octanol–water partition coefficient (Wildman–Crippen LogP) is 2.94. The molecule has 6 heteroatoms. The minimum absolute atomic E-state index is 0. The summed E-state index contributed by atoms with van der Waals surface area (Å²) < 4.78 is 0. The Labute approximate surface area is 162 Å². The normalized spacial score (nSPS) is 13.8. The quantitative estimate of drug-likeness (QED) is 0.307. The molecule has 0 spiro atoms. The van der Waals surface area contributed by atoms with Crippen LogP contribution in [-0.4, -0.2) is 38.5 Å². The number of guanidine groups is 1. The number of nitrogens with one attached hydrogen (secondary N) is 2. The summed E-state index contributed by atoms with van der Waals surface area (Å²) in [6, 6.07) is 8.17. The maximum absolute atomic E-state index is 12.5. The van der Waals surface area contributed by atoms with Gasteiger partial charge in [0.1, 0.15) is 0 Å². The third-order valence-electron chi connectivity index (χ3n) is 4.11. The summed E-state index contributed by atoms with van der Waals surface area (Å²) in [5.41, 5.74) is 2.31. The number of carbonyl (C=O) groups excluding carboxylic acids is 1. The van der Waals surface area contributed by atoms with Crippen LogP contribution in [0.3, 0.4) is 0 Å². The smallest absolute Gasteiger partial charge is 0.246 e. The van der Waals surface area contributed by atoms with Gasteiger partial charge in [-0.05, 0) is 30.9 Å². The van der Waals surface area contributed by atoms with Crippen molar-refractivity contribution in [3.05, 3.63) is 29.8 Å². The number of anilines is 1. The lowest BCUT2D eigenvalue weighted by Gasteiger charge is -2.29. The van der Waals surface area contributed by atoms with Crippen molar-refractivity contribution in [2.24, 2.45) is 4.99 Å². The second-order valence-electron chi connectivity index (χ2n) is 5.84. The van der Waals surface area contributed by atoms with Crippen LogP contribution in [0.15, 0.2) is 29.3 Å². The molecule has 134 valence electrons. The SMILES string of the molecule is CCCCCNC(=NC)NCC(=O)N1CCCc2ccccc21.I. The van der Waals surface area contributed by atoms with Crippen LogP contribution < -0.4 is 15.5 Å². The molecule has 5 nitrogen and oxygen atoms in total. The number of rotatable bonds is 6. The molecule has 1 heterocycles. The summed E-state index contributed by atoms with van der Waals surface area (Å²) >= 11 is 0. The van der Waals surface area contributed by atoms with Crippen LogP contribution in [0, 0.1) is 0 Å². The number of aliphatic imine (C=N–C) groups is 1. The molecule has 0 atom stereocenters. The van der Waals surface area contributed by atoms with Crippen LogP contribution in [0.1, 0.15) is 38.2 Å². The first-order chi connectivity index (χ1) is 11.3. The fraction of sp³-hybridized carbons (Fsp3) is 0.556. The summed E-state index contributed by atoms with van der Waals surface area (Å²) in [7, 11) is 1.73. The number of unbranched alkanes of at least 4 members (excludes halogenated alkanes) is 2. The second-order valence-corrected chi connectivity index (χ2v) is 5.84. The summed E-state index contributed by atoms with van der Waals surface area (Å²) in [6.45, 7) is 4.12. The van der Waals surface area contributed by atoms with Gasteiger partial charge in [0.15, 0.2) is 5.96 Å². The van der Waals surface area contributed by atoms with Crippen molar-refractivity contribution < 1.29 is 4.79 Å². The predicted molar refractivity (Wildman–Crippen MR) is 111 cm³/mol. The maximum Gasteiger partial charge on any atom is 0.246 e. The van der Waals surface area contributed by atoms with E-state index in [-0.39, 0.29) is 36.4 Å². The van der Waals surface area contributed by atoms with E-state index in [0.29, 0.717) is 5.96 Å². The topological polar surface area (TPSA) is 56.7 Å². The molecule has 0 bridgehead atoms. The highest BCUT2D eigenvalue weighted by Crippen LogP contribution is 2.26. The molecule has 1 aliphatic heterocycles. The Hall–Kier alpha value is -1.31. The molecule has 0 saturated heterocycles. The van der Waals surface area contributed by atoms with Crippen molar-refractivity contribution in [1.29, 1.82) is 0 Å². The number of hydrogen-bond donors (Lipinski definition) is 2. The van der Waals surface area contributed by atoms with E-state index >= 15 is 0 Å². The molecule has 2 N–H and O–H groups in total. The van der Waals surface area contributed by atoms with E-state index in [2.05, 4.69) is 28.6 Å². The summed E-state index contributed by atoms with van der Waals surface area (Å²) in [5, 5.41) is 6.37. The van der Waals surface area contributed by atoms with Crippen molar-refractivity contribution in [3.8, 4) is 0 Å². The highest BCUT2D eigenvalue weighted by molar-refractivity contribution is 14.0. The molecule has 1 aromatic carbocycles. The molecule has 0 unspecified atom stereocenters. The van der Waals surface area contributed by atoms with E-state index in [0.717, 1.165) is 38.0 Å². The first-order valence-electron chi connectivity index (χ1n) is 8.59. The Morgan fingerprint density at radius 3 is 2.79 bits per heavy atom. The van der Waals surface area contributed by atoms with Crippen LogP contribution >= 0.6 is 24.0 Å². The highest BCUT2D eigenvalue weighted by Gasteiger charge is 2.21. The van der Waals surface area contributed by atoms with Crippen LogP contribution in [0.2, 0.25) is 0 Å². The molecule has 1 aliphatic rings. The van der Waals surface area contributed by atoms with Gasteiger partial charge in [-0.15, -0.1) is 24.0 Å². The number of aryl methyl sites for hydroxylation is 1. The van der Waals surface area contributed by atoms with E-state index in [1.165, 1.54) is 18.4 Å². The van der Waals surface area contributed by atoms with Gasteiger partial charge in [0.25, 0.3) is 0 Å². The minimum Gasteiger partial charge on any atom is -0.356 e. The van der Waals surface area contributed by atoms with Gasteiger partial charge in [-0.1, -0.05) is 38.0 Å². The summed E-state index contributed by atoms with van der Waals surface area (Å²) in [4.78, 5) is 18.6. The highest BCUT2D eigenvalue weighted by atomic mass is 127. The molecule has 0 saturated carbocycles. The number of fused-ring (bicyclic) bond motifs is 1. The van der Waals surface area contributed by atoms with Crippen molar-refractivity contribution in [3.63, 3.8) is 0 Å². The minimum atomic E-state index is 0. The van der Waals surface area contributed by atoms with Gasteiger partial charge in [0.05, 0.1) is 6.54 Å². The zero-order chi connectivity index (χ0) is 16.5. The molecule has 24 heavy (non-hydrogen) atoms. The lowest BCUT2D eigenvalue weighted by molar-refractivity contribution is -0.117. The Kier molecular flexibility index (Phi) is 9.75. The van der Waals surface area contributed by atoms with Crippen LogP contribution in [-0.2, 0) is 11.2 Å². The lowest BCUT2D eigenvalue weighted by Crippen LogP contribution is -2.46. The molecule has 2 rings (SSSR count). The van der Waals surface area contributed by atoms with Crippen molar-refractivity contribution >= 4 is 41.5 Å². The van der Waals surface area contributed by atoms with Crippen LogP contribution in [0.25, 0.3) is 0 Å². The third-order valence-corrected chi connectivity index (χ3v) is 4.11. The zero-order valence-electron chi connectivity index (χ0n) is 14.7. The van der Waals surface area contributed by atoms with E-state index in [4.69, 9.17) is 0 Å². The van der Waals surface area contributed by atoms with Crippen molar-refractivity contribution in [1.82, 2.24) is 10.6 Å². The Morgan fingerprint density at radius 2 is 2.04 bits per heavy atom. The van der Waals surface area contributed by atoms with Crippen LogP contribution in [0.5, 0.6) is 0 Å². The van der Waals surface area contributed by atoms with Gasteiger partial charge in [-0.25, -0.2) is 0 Å². The molecule has 1 aromatic rings. The van der Waals surface area contributed by atoms with E-state index in [1.807, 2.05) is 23.1 Å². The summed E-state index contributed by atoms with van der Waals surface area (Å²) in [6.07, 6.45) is 5.58. The monoisotopic (exact) mass is 444 g/mol. The number of para-hydroxylation sites is 1. The molecule has 0 aliphatic carbocycles. The van der Waals surface area contributed by atoms with Crippen molar-refractivity contribution in [2.75, 3.05) is 31.6 Å². The van der Waals surface area contributed by atoms with Gasteiger partial charge < -0.3 is 15.5 Å². The van der Waals surface area contributed by atoms with Gasteiger partial charge in [-0.2, -0.15) is 0 Å². The summed E-state index contributed by atoms with van der Waals surface area (Å²) in [5.74, 6) is 0.786. The fourth-order valence-electron chi connectivity index (χ4n) is 2.85. The molecule has 0 fully saturated rings. The van der Waals surface area contributed by atoms with Gasteiger partial charge in [0.2, 0.25) is 5.91 Å². The number of halogens is 1. The van der Waals surface area contributed by atoms with E-state index < -0.39 is 0 Å². The number of carbonyl (C=O) groups is 1. The second kappa shape index (κ2) is 11.3. The fourth-order valence-corrected chi connectivity index (χ4v) is 2.85. The van der Waals surface area contributed by atoms with Gasteiger partial charge >= 0.3 is 0 Å². The maximum atomic E-state index is 12.5. The van der Waals surface area contributed by atoms with Gasteiger partial charge in [0, 0.05) is 25.8 Å². The third kappa shape index (κ3) is 5.96. The molecule has 1 amide bonds.